The van der Waals surface area contributed by atoms with E-state index >= 15 is 0 Å². The number of benzene rings is 3. The Labute approximate surface area is 271 Å². The molecule has 4 aromatic rings. The van der Waals surface area contributed by atoms with Gasteiger partial charge in [0.15, 0.2) is 5.69 Å². The molecule has 2 atom stereocenters. The third-order valence-electron chi connectivity index (χ3n) is 7.45. The molecule has 1 aromatic heterocycles. The lowest BCUT2D eigenvalue weighted by atomic mass is 9.97. The van der Waals surface area contributed by atoms with E-state index in [1.165, 1.54) is 12.1 Å². The van der Waals surface area contributed by atoms with Crippen LogP contribution in [-0.4, -0.2) is 38.7 Å². The van der Waals surface area contributed by atoms with E-state index in [4.69, 9.17) is 4.74 Å². The van der Waals surface area contributed by atoms with Crippen LogP contribution in [0.3, 0.4) is 0 Å². The Bertz CT molecular complexity index is 1700. The van der Waals surface area contributed by atoms with Gasteiger partial charge in [-0.25, -0.2) is 9.48 Å². The molecule has 0 spiro atoms. The van der Waals surface area contributed by atoms with Crippen LogP contribution in [0.2, 0.25) is 0 Å². The molecule has 1 aliphatic carbocycles. The highest BCUT2D eigenvalue weighted by Gasteiger charge is 2.36. The molecule has 9 nitrogen and oxygen atoms in total. The van der Waals surface area contributed by atoms with E-state index in [-0.39, 0.29) is 17.9 Å². The number of aliphatic hydroxyl groups is 1. The van der Waals surface area contributed by atoms with Gasteiger partial charge >= 0.3 is 12.3 Å². The van der Waals surface area contributed by atoms with Crippen LogP contribution in [0.15, 0.2) is 84.9 Å². The van der Waals surface area contributed by atoms with Crippen LogP contribution in [0.4, 0.5) is 23.7 Å². The zero-order chi connectivity index (χ0) is 33.8. The zero-order valence-corrected chi connectivity index (χ0v) is 26.3. The van der Waals surface area contributed by atoms with Gasteiger partial charge in [-0.3, -0.25) is 10.1 Å². The molecule has 0 bridgehead atoms. The number of alkyl halides is 3. The summed E-state index contributed by atoms with van der Waals surface area (Å²) in [5.74, 6) is -0.312. The molecule has 0 radical (unpaired) electrons. The molecule has 47 heavy (non-hydrogen) atoms. The van der Waals surface area contributed by atoms with Crippen molar-refractivity contribution in [2.45, 2.75) is 70.6 Å². The van der Waals surface area contributed by atoms with E-state index in [1.54, 1.807) is 51.1 Å². The minimum Gasteiger partial charge on any atom is -0.444 e. The van der Waals surface area contributed by atoms with E-state index < -0.39 is 41.7 Å². The standard InChI is InChI=1S/C35H38F3N5O4/c1-34(2,3)47-33(46)39-21-23-9-7-14-27(17-23)43-28(20-29(42-43)35(36,37)38)32(45)40-26-13-8-12-25(19-26)31(24-10-5-4-6-11-24)41-30(44)18-22-15-16-22/h4-14,17,19-20,22,30-31,41,44H,15-16,18,21H2,1-3H3,(H,39,46)(H,40,45). The molecule has 248 valence electrons. The molecule has 2 unspecified atom stereocenters. The maximum absolute atomic E-state index is 13.8. The lowest BCUT2D eigenvalue weighted by Gasteiger charge is -2.24. The number of carbonyl (C=O) groups is 2. The number of anilines is 1. The number of hydrogen-bond acceptors (Lipinski definition) is 6. The molecule has 12 heteroatoms. The summed E-state index contributed by atoms with van der Waals surface area (Å²) in [6, 6.07) is 23.1. The molecular weight excluding hydrogens is 611 g/mol. The van der Waals surface area contributed by atoms with Crippen molar-refractivity contribution in [2.24, 2.45) is 5.92 Å². The Morgan fingerprint density at radius 2 is 1.66 bits per heavy atom. The second-order valence-corrected chi connectivity index (χ2v) is 12.6. The summed E-state index contributed by atoms with van der Waals surface area (Å²) < 4.78 is 47.6. The van der Waals surface area contributed by atoms with Crippen molar-refractivity contribution in [3.63, 3.8) is 0 Å². The summed E-state index contributed by atoms with van der Waals surface area (Å²) in [5, 5.41) is 23.1. The van der Waals surface area contributed by atoms with Crippen LogP contribution in [0.5, 0.6) is 0 Å². The molecule has 0 aliphatic heterocycles. The van der Waals surface area contributed by atoms with Crippen molar-refractivity contribution in [1.29, 1.82) is 0 Å². The number of carbonyl (C=O) groups excluding carboxylic acids is 2. The van der Waals surface area contributed by atoms with Crippen molar-refractivity contribution in [2.75, 3.05) is 5.32 Å². The average molecular weight is 650 g/mol. The van der Waals surface area contributed by atoms with Gasteiger partial charge in [0.1, 0.15) is 17.5 Å². The summed E-state index contributed by atoms with van der Waals surface area (Å²) in [6.45, 7) is 5.22. The summed E-state index contributed by atoms with van der Waals surface area (Å²) in [6.07, 6.45) is -3.37. The summed E-state index contributed by atoms with van der Waals surface area (Å²) >= 11 is 0. The first-order valence-electron chi connectivity index (χ1n) is 15.4. The molecule has 3 aromatic carbocycles. The molecule has 2 amide bonds. The van der Waals surface area contributed by atoms with Gasteiger partial charge in [0.25, 0.3) is 5.91 Å². The normalized spacial score (nSPS) is 14.7. The quantitative estimate of drug-likeness (QED) is 0.131. The Kier molecular flexibility index (Phi) is 10.0. The van der Waals surface area contributed by atoms with Gasteiger partial charge < -0.3 is 20.5 Å². The van der Waals surface area contributed by atoms with Crippen LogP contribution >= 0.6 is 0 Å². The van der Waals surface area contributed by atoms with Crippen LogP contribution < -0.4 is 16.0 Å². The van der Waals surface area contributed by atoms with Gasteiger partial charge in [-0.2, -0.15) is 18.3 Å². The molecule has 1 fully saturated rings. The fourth-order valence-electron chi connectivity index (χ4n) is 5.12. The van der Waals surface area contributed by atoms with E-state index in [2.05, 4.69) is 21.0 Å². The fraction of sp³-hybridized carbons (Fsp3) is 0.343. The summed E-state index contributed by atoms with van der Waals surface area (Å²) in [5.41, 5.74) is 0.485. The predicted molar refractivity (Wildman–Crippen MR) is 171 cm³/mol. The summed E-state index contributed by atoms with van der Waals surface area (Å²) in [4.78, 5) is 25.7. The largest absolute Gasteiger partial charge is 0.444 e. The first-order chi connectivity index (χ1) is 22.2. The second-order valence-electron chi connectivity index (χ2n) is 12.6. The molecule has 0 saturated heterocycles. The number of alkyl carbamates (subject to hydrolysis) is 1. The Hall–Kier alpha value is -4.68. The highest BCUT2D eigenvalue weighted by atomic mass is 19.4. The first kappa shape index (κ1) is 33.7. The average Bonchev–Trinajstić information content (AvgIpc) is 3.70. The Morgan fingerprint density at radius 1 is 0.957 bits per heavy atom. The Morgan fingerprint density at radius 3 is 2.34 bits per heavy atom. The number of aliphatic hydroxyl groups excluding tert-OH is 1. The maximum Gasteiger partial charge on any atom is 0.435 e. The molecule has 1 aliphatic rings. The SMILES string of the molecule is CC(C)(C)OC(=O)NCc1cccc(-n2nc(C(F)(F)F)cc2C(=O)Nc2cccc(C(NC(O)CC3CC3)c3ccccc3)c2)c1. The van der Waals surface area contributed by atoms with Gasteiger partial charge in [0.2, 0.25) is 0 Å². The zero-order valence-electron chi connectivity index (χ0n) is 26.3. The van der Waals surface area contributed by atoms with E-state index in [0.29, 0.717) is 29.7 Å². The number of ether oxygens (including phenoxy) is 1. The lowest BCUT2D eigenvalue weighted by Crippen LogP contribution is -2.33. The monoisotopic (exact) mass is 649 g/mol. The predicted octanol–water partition coefficient (Wildman–Crippen LogP) is 6.97. The minimum atomic E-state index is -4.80. The van der Waals surface area contributed by atoms with Crippen LogP contribution in [-0.2, 0) is 17.5 Å². The molecule has 4 N–H and O–H groups in total. The van der Waals surface area contributed by atoms with Crippen molar-refractivity contribution in [1.82, 2.24) is 20.4 Å². The molecular formula is C35H38F3N5O4. The van der Waals surface area contributed by atoms with Gasteiger partial charge in [-0.15, -0.1) is 0 Å². The van der Waals surface area contributed by atoms with Gasteiger partial charge in [0.05, 0.1) is 11.7 Å². The van der Waals surface area contributed by atoms with Gasteiger partial charge in [0, 0.05) is 18.3 Å². The number of halogens is 3. The molecule has 1 saturated carbocycles. The van der Waals surface area contributed by atoms with Crippen molar-refractivity contribution in [3.8, 4) is 5.69 Å². The molecule has 1 heterocycles. The number of rotatable bonds is 11. The highest BCUT2D eigenvalue weighted by Crippen LogP contribution is 2.34. The maximum atomic E-state index is 13.8. The minimum absolute atomic E-state index is 0.0381. The van der Waals surface area contributed by atoms with Crippen molar-refractivity contribution >= 4 is 17.7 Å². The van der Waals surface area contributed by atoms with Gasteiger partial charge in [-0.1, -0.05) is 67.4 Å². The van der Waals surface area contributed by atoms with Gasteiger partial charge in [-0.05, 0) is 74.1 Å². The molecule has 5 rings (SSSR count). The van der Waals surface area contributed by atoms with E-state index in [0.717, 1.165) is 28.7 Å². The smallest absolute Gasteiger partial charge is 0.435 e. The first-order valence-corrected chi connectivity index (χ1v) is 15.4. The second kappa shape index (κ2) is 14.0. The number of nitrogens with zero attached hydrogens (tertiary/aromatic N) is 2. The number of nitrogens with one attached hydrogen (secondary N) is 3. The van der Waals surface area contributed by atoms with E-state index in [1.807, 2.05) is 36.4 Å². The Balaban J connectivity index is 1.39. The van der Waals surface area contributed by atoms with Crippen LogP contribution in [0, 0.1) is 5.92 Å². The lowest BCUT2D eigenvalue weighted by molar-refractivity contribution is -0.141. The summed E-state index contributed by atoms with van der Waals surface area (Å²) in [7, 11) is 0. The number of aromatic nitrogens is 2. The third-order valence-corrected chi connectivity index (χ3v) is 7.45. The third kappa shape index (κ3) is 9.43. The topological polar surface area (TPSA) is 118 Å². The van der Waals surface area contributed by atoms with Crippen LogP contribution in [0.1, 0.15) is 78.9 Å². The fourth-order valence-corrected chi connectivity index (χ4v) is 5.12. The van der Waals surface area contributed by atoms with Crippen molar-refractivity contribution in [3.05, 3.63) is 113 Å². The van der Waals surface area contributed by atoms with Crippen LogP contribution in [0.25, 0.3) is 5.69 Å². The number of hydrogen-bond donors (Lipinski definition) is 4. The number of amides is 2. The highest BCUT2D eigenvalue weighted by molar-refractivity contribution is 6.03. The van der Waals surface area contributed by atoms with E-state index in [9.17, 15) is 27.9 Å². The van der Waals surface area contributed by atoms with Crippen molar-refractivity contribution < 1.29 is 32.6 Å².